The molecule has 0 aliphatic carbocycles. The van der Waals surface area contributed by atoms with Crippen LogP contribution in [0.4, 0.5) is 4.39 Å². The Balaban J connectivity index is 3.24. The van der Waals surface area contributed by atoms with Crippen LogP contribution in [0, 0.1) is 5.82 Å². The Bertz CT molecular complexity index is 621. The van der Waals surface area contributed by atoms with Crippen molar-refractivity contribution in [2.45, 2.75) is 4.90 Å². The van der Waals surface area contributed by atoms with Crippen molar-refractivity contribution in [3.8, 4) is 0 Å². The highest BCUT2D eigenvalue weighted by Crippen LogP contribution is 2.27. The van der Waals surface area contributed by atoms with Gasteiger partial charge in [0.1, 0.15) is 5.82 Å². The van der Waals surface area contributed by atoms with Crippen LogP contribution in [0.3, 0.4) is 0 Å². The molecule has 1 aromatic carbocycles. The van der Waals surface area contributed by atoms with Gasteiger partial charge in [-0.1, -0.05) is 11.6 Å². The van der Waals surface area contributed by atoms with E-state index in [2.05, 4.69) is 0 Å². The Kier molecular flexibility index (Phi) is 5.76. The summed E-state index contributed by atoms with van der Waals surface area (Å²) in [6, 6.07) is 1.61. The second-order valence-electron chi connectivity index (χ2n) is 3.92. The normalized spacial score (nSPS) is 11.4. The molecule has 1 aromatic rings. The fourth-order valence-corrected chi connectivity index (χ4v) is 2.36. The summed E-state index contributed by atoms with van der Waals surface area (Å²) in [5, 5.41) is -0.455. The maximum absolute atomic E-state index is 13.6. The Morgan fingerprint density at radius 3 is 2.55 bits per heavy atom. The van der Waals surface area contributed by atoms with Gasteiger partial charge in [-0.05, 0) is 12.1 Å². The Labute approximate surface area is 125 Å². The summed E-state index contributed by atoms with van der Waals surface area (Å²) >= 11 is 5.70. The van der Waals surface area contributed by atoms with Crippen LogP contribution >= 0.6 is 22.3 Å². The second-order valence-corrected chi connectivity index (χ2v) is 6.87. The Morgan fingerprint density at radius 1 is 1.45 bits per heavy atom. The first-order chi connectivity index (χ1) is 9.18. The van der Waals surface area contributed by atoms with E-state index in [0.717, 1.165) is 6.07 Å². The largest absolute Gasteiger partial charge is 0.383 e. The van der Waals surface area contributed by atoms with Crippen LogP contribution in [0.2, 0.25) is 5.02 Å². The smallest absolute Gasteiger partial charge is 0.261 e. The lowest BCUT2D eigenvalue weighted by Gasteiger charge is -2.17. The highest BCUT2D eigenvalue weighted by atomic mass is 35.7. The van der Waals surface area contributed by atoms with Crippen LogP contribution in [0.25, 0.3) is 0 Å². The molecule has 0 aliphatic heterocycles. The number of hydrogen-bond donors (Lipinski definition) is 0. The van der Waals surface area contributed by atoms with E-state index < -0.39 is 30.7 Å². The zero-order valence-electron chi connectivity index (χ0n) is 10.7. The van der Waals surface area contributed by atoms with Gasteiger partial charge in [-0.25, -0.2) is 12.8 Å². The van der Waals surface area contributed by atoms with Crippen molar-refractivity contribution in [3.05, 3.63) is 28.5 Å². The summed E-state index contributed by atoms with van der Waals surface area (Å²) in [6.45, 7) is 0.515. The molecular weight excluding hydrogens is 332 g/mol. The third-order valence-electron chi connectivity index (χ3n) is 2.49. The molecule has 0 aromatic heterocycles. The first kappa shape index (κ1) is 17.2. The van der Waals surface area contributed by atoms with Crippen molar-refractivity contribution in [3.63, 3.8) is 0 Å². The molecule has 1 rings (SSSR count). The first-order valence-electron chi connectivity index (χ1n) is 5.36. The summed E-state index contributed by atoms with van der Waals surface area (Å²) < 4.78 is 40.9. The van der Waals surface area contributed by atoms with Gasteiger partial charge in [-0.2, -0.15) is 0 Å². The standard InChI is InChI=1S/C11H12Cl2FNO4S/c1-15(3-4-19-2)11(16)8-5-7(20(13,17)18)6-9(14)10(8)12/h5-6H,3-4H2,1-2H3. The number of carbonyl (C=O) groups is 1. The molecule has 0 unspecified atom stereocenters. The predicted molar refractivity (Wildman–Crippen MR) is 73.3 cm³/mol. The van der Waals surface area contributed by atoms with Crippen molar-refractivity contribution in [1.29, 1.82) is 0 Å². The second kappa shape index (κ2) is 6.71. The molecule has 9 heteroatoms. The minimum absolute atomic E-state index is 0.241. The molecule has 0 radical (unpaired) electrons. The quantitative estimate of drug-likeness (QED) is 0.768. The van der Waals surface area contributed by atoms with E-state index in [1.54, 1.807) is 0 Å². The maximum atomic E-state index is 13.6. The van der Waals surface area contributed by atoms with E-state index in [4.69, 9.17) is 27.0 Å². The van der Waals surface area contributed by atoms with Crippen LogP contribution in [-0.4, -0.2) is 46.5 Å². The zero-order chi connectivity index (χ0) is 15.5. The fraction of sp³-hybridized carbons (Fsp3) is 0.364. The highest BCUT2D eigenvalue weighted by Gasteiger charge is 2.22. The minimum Gasteiger partial charge on any atom is -0.383 e. The van der Waals surface area contributed by atoms with Gasteiger partial charge < -0.3 is 9.64 Å². The molecule has 0 saturated heterocycles. The molecule has 0 spiro atoms. The van der Waals surface area contributed by atoms with E-state index in [0.29, 0.717) is 6.07 Å². The maximum Gasteiger partial charge on any atom is 0.261 e. The third kappa shape index (κ3) is 4.05. The molecular formula is C11H12Cl2FNO4S. The lowest BCUT2D eigenvalue weighted by molar-refractivity contribution is 0.0743. The van der Waals surface area contributed by atoms with Crippen LogP contribution in [0.15, 0.2) is 17.0 Å². The van der Waals surface area contributed by atoms with Gasteiger partial charge in [0.2, 0.25) is 0 Å². The molecule has 0 heterocycles. The van der Waals surface area contributed by atoms with Gasteiger partial charge in [-0.3, -0.25) is 4.79 Å². The minimum atomic E-state index is -4.16. The molecule has 0 bridgehead atoms. The van der Waals surface area contributed by atoms with Crippen molar-refractivity contribution in [2.75, 3.05) is 27.3 Å². The summed E-state index contributed by atoms with van der Waals surface area (Å²) in [5.41, 5.74) is -0.274. The van der Waals surface area contributed by atoms with Crippen LogP contribution in [-0.2, 0) is 13.8 Å². The first-order valence-corrected chi connectivity index (χ1v) is 8.05. The number of methoxy groups -OCH3 is 1. The predicted octanol–water partition coefficient (Wildman–Crippen LogP) is 2.12. The zero-order valence-corrected chi connectivity index (χ0v) is 13.0. The Hall–Kier alpha value is -0.890. The molecule has 0 saturated carbocycles. The molecule has 0 fully saturated rings. The van der Waals surface area contributed by atoms with E-state index in [9.17, 15) is 17.6 Å². The monoisotopic (exact) mass is 343 g/mol. The summed E-state index contributed by atoms with van der Waals surface area (Å²) in [5.74, 6) is -1.66. The average molecular weight is 344 g/mol. The summed E-state index contributed by atoms with van der Waals surface area (Å²) in [7, 11) is 3.90. The summed E-state index contributed by atoms with van der Waals surface area (Å²) in [4.78, 5) is 12.8. The number of amides is 1. The number of ether oxygens (including phenoxy) is 1. The molecule has 1 amide bonds. The molecule has 0 N–H and O–H groups in total. The Morgan fingerprint density at radius 2 is 2.05 bits per heavy atom. The number of carbonyl (C=O) groups excluding carboxylic acids is 1. The molecule has 0 aliphatic rings. The van der Waals surface area contributed by atoms with E-state index in [1.807, 2.05) is 0 Å². The molecule has 5 nitrogen and oxygen atoms in total. The van der Waals surface area contributed by atoms with Gasteiger partial charge in [0, 0.05) is 31.4 Å². The van der Waals surface area contributed by atoms with Gasteiger partial charge in [0.05, 0.1) is 22.1 Å². The SMILES string of the molecule is COCCN(C)C(=O)c1cc(S(=O)(=O)Cl)cc(F)c1Cl. The lowest BCUT2D eigenvalue weighted by Crippen LogP contribution is -2.30. The lowest BCUT2D eigenvalue weighted by atomic mass is 10.2. The molecule has 0 atom stereocenters. The number of hydrogen-bond acceptors (Lipinski definition) is 4. The van der Waals surface area contributed by atoms with Gasteiger partial charge in [0.25, 0.3) is 15.0 Å². The number of nitrogens with zero attached hydrogens (tertiary/aromatic N) is 1. The van der Waals surface area contributed by atoms with Crippen molar-refractivity contribution in [1.82, 2.24) is 4.90 Å². The summed E-state index contributed by atoms with van der Waals surface area (Å²) in [6.07, 6.45) is 0. The number of halogens is 3. The number of likely N-dealkylation sites (N-methyl/N-ethyl adjacent to an activating group) is 1. The number of rotatable bonds is 5. The van der Waals surface area contributed by atoms with Gasteiger partial charge >= 0.3 is 0 Å². The topological polar surface area (TPSA) is 63.7 Å². The molecule has 112 valence electrons. The fourth-order valence-electron chi connectivity index (χ4n) is 1.40. The van der Waals surface area contributed by atoms with E-state index >= 15 is 0 Å². The average Bonchev–Trinajstić information content (AvgIpc) is 2.36. The van der Waals surface area contributed by atoms with Gasteiger partial charge in [-0.15, -0.1) is 0 Å². The van der Waals surface area contributed by atoms with E-state index in [1.165, 1.54) is 19.1 Å². The van der Waals surface area contributed by atoms with Crippen LogP contribution < -0.4 is 0 Å². The molecule has 20 heavy (non-hydrogen) atoms. The number of benzene rings is 1. The third-order valence-corrected chi connectivity index (χ3v) is 4.21. The van der Waals surface area contributed by atoms with Crippen molar-refractivity contribution < 1.29 is 22.3 Å². The van der Waals surface area contributed by atoms with Crippen molar-refractivity contribution >= 4 is 37.2 Å². The van der Waals surface area contributed by atoms with E-state index in [-0.39, 0.29) is 18.7 Å². The van der Waals surface area contributed by atoms with Crippen molar-refractivity contribution in [2.24, 2.45) is 0 Å². The van der Waals surface area contributed by atoms with Crippen LogP contribution in [0.1, 0.15) is 10.4 Å². The van der Waals surface area contributed by atoms with Gasteiger partial charge in [0.15, 0.2) is 0 Å². The van der Waals surface area contributed by atoms with Crippen LogP contribution in [0.5, 0.6) is 0 Å². The highest BCUT2D eigenvalue weighted by molar-refractivity contribution is 8.13.